The maximum absolute atomic E-state index is 12.4. The van der Waals surface area contributed by atoms with Crippen LogP contribution in [0.15, 0.2) is 15.4 Å². The third kappa shape index (κ3) is 3.46. The molecule has 0 atom stereocenters. The first-order valence-corrected chi connectivity index (χ1v) is 7.45. The first-order valence-electron chi connectivity index (χ1n) is 4.97. The Labute approximate surface area is 127 Å². The highest BCUT2D eigenvalue weighted by molar-refractivity contribution is 9.11. The molecule has 2 aromatic heterocycles. The third-order valence-electron chi connectivity index (χ3n) is 2.14. The number of alkyl halides is 3. The standard InChI is InChI=1S/C9H6BrF3N4OS2/c1-17(8-16-15-6(10)20-8)7(18)14-5-2-4(3-19-5)9(11,12)13/h2-3H,1H3,(H,14,18). The van der Waals surface area contributed by atoms with Crippen LogP contribution in [0.25, 0.3) is 0 Å². The van der Waals surface area contributed by atoms with Crippen LogP contribution in [-0.2, 0) is 6.18 Å². The fourth-order valence-corrected chi connectivity index (χ4v) is 3.00. The number of anilines is 2. The van der Waals surface area contributed by atoms with Crippen molar-refractivity contribution in [2.24, 2.45) is 0 Å². The lowest BCUT2D eigenvalue weighted by molar-refractivity contribution is -0.137. The van der Waals surface area contributed by atoms with Gasteiger partial charge >= 0.3 is 12.2 Å². The molecule has 2 amide bonds. The van der Waals surface area contributed by atoms with Crippen LogP contribution >= 0.6 is 38.6 Å². The van der Waals surface area contributed by atoms with E-state index in [4.69, 9.17) is 0 Å². The molecule has 5 nitrogen and oxygen atoms in total. The molecule has 2 heterocycles. The molecular formula is C9H6BrF3N4OS2. The highest BCUT2D eigenvalue weighted by atomic mass is 79.9. The van der Waals surface area contributed by atoms with Gasteiger partial charge in [-0.05, 0) is 22.0 Å². The van der Waals surface area contributed by atoms with Crippen molar-refractivity contribution in [1.82, 2.24) is 10.2 Å². The van der Waals surface area contributed by atoms with Crippen LogP contribution in [0.3, 0.4) is 0 Å². The third-order valence-corrected chi connectivity index (χ3v) is 4.42. The van der Waals surface area contributed by atoms with Crippen molar-refractivity contribution in [3.05, 3.63) is 20.9 Å². The molecule has 0 bridgehead atoms. The molecule has 0 aliphatic rings. The van der Waals surface area contributed by atoms with Crippen LogP contribution in [0.1, 0.15) is 5.56 Å². The van der Waals surface area contributed by atoms with Gasteiger partial charge in [0, 0.05) is 12.4 Å². The number of amides is 2. The highest BCUT2D eigenvalue weighted by Crippen LogP contribution is 2.34. The number of hydrogen-bond acceptors (Lipinski definition) is 5. The van der Waals surface area contributed by atoms with Gasteiger partial charge < -0.3 is 0 Å². The smallest absolute Gasteiger partial charge is 0.299 e. The first kappa shape index (κ1) is 15.2. The Morgan fingerprint density at radius 3 is 2.65 bits per heavy atom. The van der Waals surface area contributed by atoms with E-state index < -0.39 is 17.8 Å². The highest BCUT2D eigenvalue weighted by Gasteiger charge is 2.32. The molecule has 1 N–H and O–H groups in total. The normalized spacial score (nSPS) is 11.4. The fourth-order valence-electron chi connectivity index (χ4n) is 1.16. The number of nitrogens with one attached hydrogen (secondary N) is 1. The Bertz CT molecular complexity index is 627. The van der Waals surface area contributed by atoms with Crippen LogP contribution in [0.2, 0.25) is 0 Å². The van der Waals surface area contributed by atoms with E-state index >= 15 is 0 Å². The molecule has 0 unspecified atom stereocenters. The summed E-state index contributed by atoms with van der Waals surface area (Å²) in [6, 6.07) is 0.288. The second-order valence-corrected chi connectivity index (χ2v) is 6.67. The molecule has 0 saturated carbocycles. The Kier molecular flexibility index (Phi) is 4.30. The zero-order chi connectivity index (χ0) is 14.9. The largest absolute Gasteiger partial charge is 0.417 e. The summed E-state index contributed by atoms with van der Waals surface area (Å²) in [4.78, 5) is 13.0. The zero-order valence-corrected chi connectivity index (χ0v) is 13.0. The number of hydrogen-bond donors (Lipinski definition) is 1. The summed E-state index contributed by atoms with van der Waals surface area (Å²) in [5, 5.41) is 11.2. The van der Waals surface area contributed by atoms with Crippen LogP contribution in [0, 0.1) is 0 Å². The van der Waals surface area contributed by atoms with E-state index in [1.54, 1.807) is 0 Å². The van der Waals surface area contributed by atoms with Crippen molar-refractivity contribution in [3.8, 4) is 0 Å². The van der Waals surface area contributed by atoms with Gasteiger partial charge in [-0.1, -0.05) is 11.3 Å². The number of urea groups is 1. The van der Waals surface area contributed by atoms with E-state index in [0.717, 1.165) is 39.0 Å². The lowest BCUT2D eigenvalue weighted by atomic mass is 10.3. The molecule has 0 spiro atoms. The monoisotopic (exact) mass is 386 g/mol. The van der Waals surface area contributed by atoms with Crippen molar-refractivity contribution >= 4 is 54.8 Å². The second-order valence-electron chi connectivity index (χ2n) is 3.52. The Balaban J connectivity index is 2.06. The molecule has 0 aromatic carbocycles. The Hall–Kier alpha value is -1.20. The molecule has 20 heavy (non-hydrogen) atoms. The van der Waals surface area contributed by atoms with Crippen LogP contribution in [0.4, 0.5) is 28.1 Å². The summed E-state index contributed by atoms with van der Waals surface area (Å²) in [5.41, 5.74) is -0.792. The minimum Gasteiger partial charge on any atom is -0.299 e. The minimum absolute atomic E-state index is 0.109. The Morgan fingerprint density at radius 1 is 1.45 bits per heavy atom. The fraction of sp³-hybridized carbons (Fsp3) is 0.222. The van der Waals surface area contributed by atoms with Gasteiger partial charge in [0.25, 0.3) is 0 Å². The lowest BCUT2D eigenvalue weighted by Gasteiger charge is -2.12. The predicted octanol–water partition coefficient (Wildman–Crippen LogP) is 4.05. The lowest BCUT2D eigenvalue weighted by Crippen LogP contribution is -2.30. The van der Waals surface area contributed by atoms with E-state index in [9.17, 15) is 18.0 Å². The van der Waals surface area contributed by atoms with Gasteiger partial charge in [-0.15, -0.1) is 21.5 Å². The second kappa shape index (κ2) is 5.66. The summed E-state index contributed by atoms with van der Waals surface area (Å²) in [5.74, 6) is 0. The number of carbonyl (C=O) groups excluding carboxylic acids is 1. The van der Waals surface area contributed by atoms with Crippen LogP contribution in [0.5, 0.6) is 0 Å². The molecule has 0 aliphatic carbocycles. The summed E-state index contributed by atoms with van der Waals surface area (Å²) in [6.45, 7) is 0. The average molecular weight is 387 g/mol. The zero-order valence-electron chi connectivity index (χ0n) is 9.73. The van der Waals surface area contributed by atoms with Gasteiger partial charge in [0.1, 0.15) is 0 Å². The number of halogens is 4. The number of nitrogens with zero attached hydrogens (tertiary/aromatic N) is 3. The van der Waals surface area contributed by atoms with Crippen LogP contribution < -0.4 is 10.2 Å². The van der Waals surface area contributed by atoms with E-state index in [1.165, 1.54) is 7.05 Å². The molecule has 0 aliphatic heterocycles. The van der Waals surface area contributed by atoms with Crippen molar-refractivity contribution in [3.63, 3.8) is 0 Å². The molecule has 2 aromatic rings. The molecule has 2 rings (SSSR count). The SMILES string of the molecule is CN(C(=O)Nc1cc(C(F)(F)F)cs1)c1nnc(Br)s1. The Morgan fingerprint density at radius 2 is 2.15 bits per heavy atom. The van der Waals surface area contributed by atoms with Gasteiger partial charge in [0.2, 0.25) is 5.13 Å². The number of rotatable bonds is 2. The van der Waals surface area contributed by atoms with Crippen molar-refractivity contribution < 1.29 is 18.0 Å². The van der Waals surface area contributed by atoms with Gasteiger partial charge in [0.05, 0.1) is 10.6 Å². The molecule has 0 radical (unpaired) electrons. The van der Waals surface area contributed by atoms with E-state index in [-0.39, 0.29) is 5.00 Å². The van der Waals surface area contributed by atoms with Crippen molar-refractivity contribution in [2.45, 2.75) is 6.18 Å². The molecule has 11 heteroatoms. The van der Waals surface area contributed by atoms with Gasteiger partial charge in [-0.3, -0.25) is 10.2 Å². The van der Waals surface area contributed by atoms with E-state index in [0.29, 0.717) is 9.05 Å². The van der Waals surface area contributed by atoms with E-state index in [2.05, 4.69) is 31.4 Å². The predicted molar refractivity (Wildman–Crippen MR) is 74.4 cm³/mol. The molecule has 0 fully saturated rings. The topological polar surface area (TPSA) is 58.1 Å². The molecular weight excluding hydrogens is 381 g/mol. The summed E-state index contributed by atoms with van der Waals surface area (Å²) < 4.78 is 37.8. The summed E-state index contributed by atoms with van der Waals surface area (Å²) in [6.07, 6.45) is -4.42. The molecule has 108 valence electrons. The minimum atomic E-state index is -4.42. The molecule has 0 saturated heterocycles. The maximum atomic E-state index is 12.4. The van der Waals surface area contributed by atoms with Crippen LogP contribution in [-0.4, -0.2) is 23.3 Å². The van der Waals surface area contributed by atoms with Gasteiger partial charge in [0.15, 0.2) is 3.92 Å². The van der Waals surface area contributed by atoms with Crippen molar-refractivity contribution in [1.29, 1.82) is 0 Å². The maximum Gasteiger partial charge on any atom is 0.417 e. The van der Waals surface area contributed by atoms with Gasteiger partial charge in [-0.2, -0.15) is 13.2 Å². The number of thiophene rings is 1. The number of aromatic nitrogens is 2. The van der Waals surface area contributed by atoms with E-state index in [1.807, 2.05) is 0 Å². The van der Waals surface area contributed by atoms with Gasteiger partial charge in [-0.25, -0.2) is 4.79 Å². The quantitative estimate of drug-likeness (QED) is 0.846. The number of carbonyl (C=O) groups is 1. The summed E-state index contributed by atoms with van der Waals surface area (Å²) in [7, 11) is 1.45. The average Bonchev–Trinajstić information content (AvgIpc) is 2.96. The summed E-state index contributed by atoms with van der Waals surface area (Å²) >= 11 is 5.03. The first-order chi connectivity index (χ1) is 9.27. The van der Waals surface area contributed by atoms with Crippen molar-refractivity contribution in [2.75, 3.05) is 17.3 Å².